The molecule has 31 heavy (non-hydrogen) atoms. The van der Waals surface area contributed by atoms with E-state index in [0.717, 1.165) is 6.08 Å². The van der Waals surface area contributed by atoms with Gasteiger partial charge >= 0.3 is 5.97 Å². The highest BCUT2D eigenvalue weighted by atomic mass is 19.1. The Morgan fingerprint density at radius 2 is 1.84 bits per heavy atom. The Morgan fingerprint density at radius 1 is 1.19 bits per heavy atom. The second kappa shape index (κ2) is 6.56. The highest BCUT2D eigenvalue weighted by Gasteiger charge is 2.77. The minimum absolute atomic E-state index is 0.0604. The van der Waals surface area contributed by atoms with Crippen molar-refractivity contribution < 1.29 is 33.0 Å². The first-order chi connectivity index (χ1) is 14.3. The van der Waals surface area contributed by atoms with Crippen molar-refractivity contribution in [2.75, 3.05) is 0 Å². The summed E-state index contributed by atoms with van der Waals surface area (Å²) in [6.45, 7) is 7.67. The van der Waals surface area contributed by atoms with Gasteiger partial charge in [0, 0.05) is 29.6 Å². The van der Waals surface area contributed by atoms with Crippen LogP contribution in [0.5, 0.6) is 0 Å². The van der Waals surface area contributed by atoms with Gasteiger partial charge in [0.25, 0.3) is 0 Å². The molecule has 0 aromatic carbocycles. The highest BCUT2D eigenvalue weighted by molar-refractivity contribution is 6.01. The van der Waals surface area contributed by atoms with Gasteiger partial charge < -0.3 is 9.84 Å². The van der Waals surface area contributed by atoms with Gasteiger partial charge in [0.15, 0.2) is 22.8 Å². The number of hydrogen-bond donors (Lipinski definition) is 1. The first-order valence-electron chi connectivity index (χ1n) is 10.9. The number of ether oxygens (including phenoxy) is 1. The minimum atomic E-state index is -2.22. The Balaban J connectivity index is 1.89. The lowest BCUT2D eigenvalue weighted by Crippen LogP contribution is -2.70. The molecule has 7 heteroatoms. The van der Waals surface area contributed by atoms with Gasteiger partial charge in [-0.1, -0.05) is 19.9 Å². The van der Waals surface area contributed by atoms with E-state index in [0.29, 0.717) is 6.42 Å². The fourth-order valence-corrected chi connectivity index (χ4v) is 7.79. The molecule has 0 saturated heterocycles. The van der Waals surface area contributed by atoms with E-state index in [-0.39, 0.29) is 24.2 Å². The van der Waals surface area contributed by atoms with E-state index in [1.54, 1.807) is 13.8 Å². The first kappa shape index (κ1) is 22.3. The van der Waals surface area contributed by atoms with Crippen molar-refractivity contribution in [3.05, 3.63) is 23.8 Å². The number of aliphatic hydroxyl groups excluding tert-OH is 1. The summed E-state index contributed by atoms with van der Waals surface area (Å²) in [5.41, 5.74) is -6.19. The largest absolute Gasteiger partial charge is 0.450 e. The molecular weight excluding hydrogens is 406 g/mol. The number of esters is 1. The lowest BCUT2D eigenvalue weighted by Gasteiger charge is -2.63. The number of fused-ring (bicyclic) bond motifs is 5. The van der Waals surface area contributed by atoms with Gasteiger partial charge in [-0.05, 0) is 56.8 Å². The van der Waals surface area contributed by atoms with Gasteiger partial charge in [0.2, 0.25) is 0 Å². The van der Waals surface area contributed by atoms with Crippen LogP contribution in [0.15, 0.2) is 23.8 Å². The van der Waals surface area contributed by atoms with Crippen LogP contribution in [0, 0.1) is 28.6 Å². The number of carbonyl (C=O) groups is 3. The van der Waals surface area contributed by atoms with E-state index in [1.165, 1.54) is 32.9 Å². The molecule has 0 bridgehead atoms. The van der Waals surface area contributed by atoms with Crippen LogP contribution in [0.2, 0.25) is 0 Å². The summed E-state index contributed by atoms with van der Waals surface area (Å²) >= 11 is 0. The molecule has 3 unspecified atom stereocenters. The van der Waals surface area contributed by atoms with E-state index in [2.05, 4.69) is 0 Å². The van der Waals surface area contributed by atoms with Gasteiger partial charge in [0.1, 0.15) is 6.17 Å². The maximum absolute atomic E-state index is 17.1. The zero-order valence-electron chi connectivity index (χ0n) is 18.6. The fourth-order valence-electron chi connectivity index (χ4n) is 7.79. The zero-order chi connectivity index (χ0) is 23.1. The summed E-state index contributed by atoms with van der Waals surface area (Å²) < 4.78 is 38.2. The van der Waals surface area contributed by atoms with Crippen molar-refractivity contribution in [2.24, 2.45) is 28.6 Å². The van der Waals surface area contributed by atoms with Gasteiger partial charge in [0.05, 0.1) is 6.10 Å². The molecule has 0 amide bonds. The maximum atomic E-state index is 17.1. The number of alkyl halides is 2. The number of hydrogen-bond acceptors (Lipinski definition) is 5. The van der Waals surface area contributed by atoms with Gasteiger partial charge in [-0.3, -0.25) is 14.4 Å². The second-order valence-electron chi connectivity index (χ2n) is 10.4. The molecule has 4 rings (SSSR count). The molecule has 4 aliphatic carbocycles. The summed E-state index contributed by atoms with van der Waals surface area (Å²) in [7, 11) is 0. The number of aliphatic hydroxyl groups is 1. The Kier molecular flexibility index (Phi) is 4.72. The molecule has 3 saturated carbocycles. The van der Waals surface area contributed by atoms with Crippen LogP contribution in [-0.2, 0) is 19.1 Å². The third-order valence-corrected chi connectivity index (χ3v) is 9.00. The molecule has 0 spiro atoms. The third-order valence-electron chi connectivity index (χ3n) is 9.00. The summed E-state index contributed by atoms with van der Waals surface area (Å²) in [5, 5.41) is 11.3. The lowest BCUT2D eigenvalue weighted by molar-refractivity contribution is -0.229. The number of rotatable bonds is 2. The van der Waals surface area contributed by atoms with E-state index in [9.17, 15) is 19.5 Å². The molecular formula is C24H30F2O5. The molecule has 3 fully saturated rings. The number of ketones is 2. The molecule has 170 valence electrons. The normalized spacial score (nSPS) is 50.8. The van der Waals surface area contributed by atoms with Crippen molar-refractivity contribution in [1.29, 1.82) is 0 Å². The van der Waals surface area contributed by atoms with Crippen LogP contribution in [0.3, 0.4) is 0 Å². The molecule has 0 aromatic rings. The lowest BCUT2D eigenvalue weighted by atomic mass is 9.44. The Hall–Kier alpha value is -1.89. The second-order valence-corrected chi connectivity index (χ2v) is 10.4. The standard InChI is InChI=1S/C24H30F2O5/c1-12-8-16-17-10-19(25)18-9-15(29)6-7-21(18,4)23(17,26)20(30)11-22(16,5)24(12,13(2)27)31-14(3)28/h6-7,9,12,16-17,19-20,30H,8,10-11H2,1-5H3/t12?,16-,17-,19?,20?,21-,22-,23-,24-/m0/s1. The van der Waals surface area contributed by atoms with E-state index in [4.69, 9.17) is 4.74 Å². The van der Waals surface area contributed by atoms with Gasteiger partial charge in [-0.25, -0.2) is 8.78 Å². The van der Waals surface area contributed by atoms with Crippen molar-refractivity contribution in [2.45, 2.75) is 77.4 Å². The first-order valence-corrected chi connectivity index (χ1v) is 10.9. The molecule has 0 heterocycles. The quantitative estimate of drug-likeness (QED) is 0.671. The predicted molar refractivity (Wildman–Crippen MR) is 108 cm³/mol. The summed E-state index contributed by atoms with van der Waals surface area (Å²) in [6, 6.07) is 0. The van der Waals surface area contributed by atoms with Crippen LogP contribution in [0.25, 0.3) is 0 Å². The van der Waals surface area contributed by atoms with Crippen LogP contribution < -0.4 is 0 Å². The van der Waals surface area contributed by atoms with Gasteiger partial charge in [-0.2, -0.15) is 0 Å². The van der Waals surface area contributed by atoms with Gasteiger partial charge in [-0.15, -0.1) is 0 Å². The van der Waals surface area contributed by atoms with Crippen LogP contribution in [-0.4, -0.2) is 46.2 Å². The number of allylic oxidation sites excluding steroid dienone is 4. The minimum Gasteiger partial charge on any atom is -0.450 e. The smallest absolute Gasteiger partial charge is 0.303 e. The molecule has 4 aliphatic rings. The topological polar surface area (TPSA) is 80.7 Å². The summed E-state index contributed by atoms with van der Waals surface area (Å²) in [5.74, 6) is -3.16. The summed E-state index contributed by atoms with van der Waals surface area (Å²) in [4.78, 5) is 36.8. The SMILES string of the molecule is CC(=O)O[C@]1(C(C)=O)C(C)C[C@H]2[C@@H]3CC(F)C4=CC(=O)C=C[C@]4(C)[C@@]3(F)C(O)C[C@@]21C. The van der Waals surface area contributed by atoms with Crippen molar-refractivity contribution in [3.63, 3.8) is 0 Å². The molecule has 0 aromatic heterocycles. The number of halogens is 2. The summed E-state index contributed by atoms with van der Waals surface area (Å²) in [6.07, 6.45) is 0.765. The highest BCUT2D eigenvalue weighted by Crippen LogP contribution is 2.71. The Labute approximate surface area is 180 Å². The van der Waals surface area contributed by atoms with Crippen molar-refractivity contribution in [1.82, 2.24) is 0 Å². The molecule has 0 aliphatic heterocycles. The maximum Gasteiger partial charge on any atom is 0.303 e. The van der Waals surface area contributed by atoms with Crippen LogP contribution >= 0.6 is 0 Å². The van der Waals surface area contributed by atoms with E-state index in [1.807, 2.05) is 0 Å². The van der Waals surface area contributed by atoms with Crippen LogP contribution in [0.1, 0.15) is 53.9 Å². The molecule has 5 nitrogen and oxygen atoms in total. The molecule has 9 atom stereocenters. The Morgan fingerprint density at radius 3 is 2.42 bits per heavy atom. The molecule has 1 N–H and O–H groups in total. The average molecular weight is 436 g/mol. The van der Waals surface area contributed by atoms with E-state index < -0.39 is 63.9 Å². The average Bonchev–Trinajstić information content (AvgIpc) is 2.87. The monoisotopic (exact) mass is 436 g/mol. The van der Waals surface area contributed by atoms with Crippen molar-refractivity contribution >= 4 is 17.5 Å². The van der Waals surface area contributed by atoms with Crippen molar-refractivity contribution in [3.8, 4) is 0 Å². The molecule has 0 radical (unpaired) electrons. The third kappa shape index (κ3) is 2.47. The number of Topliss-reactive ketones (excluding diaryl/α,β-unsaturated/α-hetero) is 1. The fraction of sp³-hybridized carbons (Fsp3) is 0.708. The Bertz CT molecular complexity index is 927. The zero-order valence-corrected chi connectivity index (χ0v) is 18.6. The van der Waals surface area contributed by atoms with E-state index >= 15 is 8.78 Å². The number of carbonyl (C=O) groups excluding carboxylic acids is 3. The van der Waals surface area contributed by atoms with Crippen LogP contribution in [0.4, 0.5) is 8.78 Å². The predicted octanol–water partition coefficient (Wildman–Crippen LogP) is 3.44.